The number of aromatic nitrogens is 2. The molecule has 5 rings (SSSR count). The van der Waals surface area contributed by atoms with Crippen LogP contribution >= 0.6 is 0 Å². The van der Waals surface area contributed by atoms with Gasteiger partial charge in [0.05, 0.1) is 41.4 Å². The number of amides is 1. The number of aryl methyl sites for hydroxylation is 1. The normalized spacial score (nSPS) is 14.5. The van der Waals surface area contributed by atoms with Crippen molar-refractivity contribution in [2.24, 2.45) is 5.92 Å². The van der Waals surface area contributed by atoms with Gasteiger partial charge in [0.25, 0.3) is 16.0 Å². The molecule has 1 amide bonds. The predicted molar refractivity (Wildman–Crippen MR) is 218 cm³/mol. The van der Waals surface area contributed by atoms with Crippen LogP contribution in [0, 0.1) is 5.92 Å². The van der Waals surface area contributed by atoms with Gasteiger partial charge in [-0.05, 0) is 103 Å². The number of fused-ring (bicyclic) bond motifs is 1. The van der Waals surface area contributed by atoms with Crippen molar-refractivity contribution in [3.8, 4) is 16.9 Å². The fourth-order valence-electron chi connectivity index (χ4n) is 6.03. The molecule has 1 atom stereocenters. The summed E-state index contributed by atoms with van der Waals surface area (Å²) in [7, 11) is -4.88. The van der Waals surface area contributed by atoms with Gasteiger partial charge in [0.1, 0.15) is 12.4 Å². The highest BCUT2D eigenvalue weighted by Gasteiger charge is 2.20. The molecular formula is C41H54N4O7S2. The van der Waals surface area contributed by atoms with Gasteiger partial charge in [0.2, 0.25) is 0 Å². The van der Waals surface area contributed by atoms with Crippen LogP contribution in [0.3, 0.4) is 0 Å². The van der Waals surface area contributed by atoms with E-state index < -0.39 is 20.9 Å². The van der Waals surface area contributed by atoms with E-state index in [-0.39, 0.29) is 5.91 Å². The minimum absolute atomic E-state index is 0.115. The molecule has 1 unspecified atom stereocenters. The van der Waals surface area contributed by atoms with Crippen LogP contribution < -0.4 is 15.0 Å². The molecule has 2 heterocycles. The molecule has 0 saturated carbocycles. The third-order valence-electron chi connectivity index (χ3n) is 8.40. The van der Waals surface area contributed by atoms with Gasteiger partial charge in [-0.2, -0.15) is 8.42 Å². The third kappa shape index (κ3) is 13.8. The van der Waals surface area contributed by atoms with Gasteiger partial charge < -0.3 is 24.3 Å². The van der Waals surface area contributed by atoms with Crippen molar-refractivity contribution in [2.75, 3.05) is 49.4 Å². The fraction of sp³-hybridized carbons (Fsp3) is 0.415. The maximum atomic E-state index is 13.7. The Morgan fingerprint density at radius 3 is 2.35 bits per heavy atom. The lowest BCUT2D eigenvalue weighted by Crippen LogP contribution is -2.30. The Morgan fingerprint density at radius 1 is 0.981 bits per heavy atom. The highest BCUT2D eigenvalue weighted by Crippen LogP contribution is 2.33. The number of carbonyl (C=O) groups is 1. The first kappa shape index (κ1) is 42.4. The van der Waals surface area contributed by atoms with Crippen LogP contribution in [-0.4, -0.2) is 71.8 Å². The largest absolute Gasteiger partial charge is 0.491 e. The summed E-state index contributed by atoms with van der Waals surface area (Å²) in [5.74, 6) is 1.61. The van der Waals surface area contributed by atoms with Crippen molar-refractivity contribution in [3.63, 3.8) is 0 Å². The molecule has 2 N–H and O–H groups in total. The first-order valence-electron chi connectivity index (χ1n) is 18.5. The number of anilines is 2. The van der Waals surface area contributed by atoms with E-state index in [1.165, 1.54) is 0 Å². The van der Waals surface area contributed by atoms with E-state index in [0.717, 1.165) is 89.8 Å². The molecule has 3 aromatic carbocycles. The Morgan fingerprint density at radius 2 is 1.69 bits per heavy atom. The number of rotatable bonds is 16. The summed E-state index contributed by atoms with van der Waals surface area (Å²) in [6.07, 6.45) is 9.88. The Bertz CT molecular complexity index is 1950. The topological polar surface area (TPSA) is 140 Å². The van der Waals surface area contributed by atoms with E-state index in [2.05, 4.69) is 83.9 Å². The zero-order valence-corrected chi connectivity index (χ0v) is 33.6. The second kappa shape index (κ2) is 21.0. The molecule has 13 heteroatoms. The standard InChI is InChI=1S/C40H50N4O4S.CH4O3S/c1-5-19-44-29-41-26-36(44)28-49(46)38-16-12-35(13-17-38)42-40(45)33-8-7-20-43(27-30(3)4)39-18-11-32(24-34(39)25-33)31-9-14-37(15-10-31)48-23-22-47-21-6-2;1-5(2,3)4/h9-18,24-26,29-30H,5-8,19-23,27-28H2,1-4H3,(H,42,45);1H3,(H,2,3,4)/b33-25+;. The van der Waals surface area contributed by atoms with E-state index in [4.69, 9.17) is 14.0 Å². The van der Waals surface area contributed by atoms with E-state index in [1.807, 2.05) is 36.4 Å². The lowest BCUT2D eigenvalue weighted by atomic mass is 9.96. The molecule has 1 aromatic heterocycles. The Labute approximate surface area is 323 Å². The van der Waals surface area contributed by atoms with Gasteiger partial charge in [-0.1, -0.05) is 45.9 Å². The molecule has 292 valence electrons. The van der Waals surface area contributed by atoms with Crippen molar-refractivity contribution in [1.82, 2.24) is 9.55 Å². The second-order valence-corrected chi connectivity index (χ2v) is 16.6. The zero-order valence-electron chi connectivity index (χ0n) is 32.0. The first-order chi connectivity index (χ1) is 25.8. The van der Waals surface area contributed by atoms with Gasteiger partial charge in [-0.25, -0.2) is 4.98 Å². The molecule has 0 saturated heterocycles. The van der Waals surface area contributed by atoms with Crippen molar-refractivity contribution in [1.29, 1.82) is 0 Å². The SMILES string of the molecule is CCCOCCOc1ccc(-c2ccc3c(c2)/C=C(/C(=O)Nc2ccc(S(=O)Cc4cncn4CCC)cc2)CCCN3CC(C)C)cc1.CS(=O)(=O)O. The molecule has 11 nitrogen and oxygen atoms in total. The van der Waals surface area contributed by atoms with E-state index in [0.29, 0.717) is 43.2 Å². The summed E-state index contributed by atoms with van der Waals surface area (Å²) in [6, 6.07) is 22.0. The highest BCUT2D eigenvalue weighted by atomic mass is 32.2. The molecule has 4 aromatic rings. The number of benzene rings is 3. The molecule has 0 spiro atoms. The van der Waals surface area contributed by atoms with Gasteiger partial charge in [0, 0.05) is 54.3 Å². The summed E-state index contributed by atoms with van der Waals surface area (Å²) in [4.78, 5) is 21.1. The molecule has 0 fully saturated rings. The van der Waals surface area contributed by atoms with Gasteiger partial charge in [0.15, 0.2) is 0 Å². The Balaban J connectivity index is 0.00000122. The predicted octanol–water partition coefficient (Wildman–Crippen LogP) is 7.86. The van der Waals surface area contributed by atoms with E-state index in [1.54, 1.807) is 12.5 Å². The number of nitrogens with one attached hydrogen (secondary N) is 1. The Kier molecular flexibility index (Phi) is 16.5. The van der Waals surface area contributed by atoms with E-state index >= 15 is 0 Å². The zero-order chi connectivity index (χ0) is 39.1. The highest BCUT2D eigenvalue weighted by molar-refractivity contribution is 7.85. The van der Waals surface area contributed by atoms with Crippen LogP contribution in [0.2, 0.25) is 0 Å². The lowest BCUT2D eigenvalue weighted by Gasteiger charge is -2.30. The second-order valence-electron chi connectivity index (χ2n) is 13.7. The minimum Gasteiger partial charge on any atom is -0.491 e. The summed E-state index contributed by atoms with van der Waals surface area (Å²) >= 11 is 0. The molecule has 0 radical (unpaired) electrons. The van der Waals surface area contributed by atoms with Crippen LogP contribution in [0.15, 0.2) is 89.7 Å². The first-order valence-corrected chi connectivity index (χ1v) is 21.6. The van der Waals surface area contributed by atoms with Crippen molar-refractivity contribution >= 4 is 44.3 Å². The summed E-state index contributed by atoms with van der Waals surface area (Å²) in [5.41, 5.74) is 6.72. The number of nitrogens with zero attached hydrogens (tertiary/aromatic N) is 3. The monoisotopic (exact) mass is 778 g/mol. The molecule has 0 bridgehead atoms. The molecule has 1 aliphatic rings. The maximum absolute atomic E-state index is 13.7. The van der Waals surface area contributed by atoms with E-state index in [9.17, 15) is 17.4 Å². The average molecular weight is 779 g/mol. The lowest BCUT2D eigenvalue weighted by molar-refractivity contribution is -0.112. The molecule has 54 heavy (non-hydrogen) atoms. The number of ether oxygens (including phenoxy) is 2. The Hall–Kier alpha value is -4.30. The van der Waals surface area contributed by atoms with Crippen LogP contribution in [0.5, 0.6) is 5.75 Å². The van der Waals surface area contributed by atoms with Crippen molar-refractivity contribution in [3.05, 3.63) is 96.1 Å². The number of imidazole rings is 1. The van der Waals surface area contributed by atoms with Crippen LogP contribution in [0.25, 0.3) is 17.2 Å². The van der Waals surface area contributed by atoms with Gasteiger partial charge in [-0.15, -0.1) is 0 Å². The number of carbonyl (C=O) groups excluding carboxylic acids is 1. The van der Waals surface area contributed by atoms with Gasteiger partial charge >= 0.3 is 0 Å². The smallest absolute Gasteiger partial charge is 0.261 e. The van der Waals surface area contributed by atoms with Gasteiger partial charge in [-0.3, -0.25) is 13.6 Å². The van der Waals surface area contributed by atoms with Crippen LogP contribution in [-0.2, 0) is 42.7 Å². The molecule has 0 aliphatic carbocycles. The summed E-state index contributed by atoms with van der Waals surface area (Å²) < 4.78 is 52.4. The van der Waals surface area contributed by atoms with Crippen LogP contribution in [0.4, 0.5) is 11.4 Å². The molecule has 1 aliphatic heterocycles. The van der Waals surface area contributed by atoms with Crippen molar-refractivity contribution in [2.45, 2.75) is 70.6 Å². The number of hydrogen-bond donors (Lipinski definition) is 2. The third-order valence-corrected chi connectivity index (χ3v) is 9.75. The average Bonchev–Trinajstić information content (AvgIpc) is 3.55. The quantitative estimate of drug-likeness (QED) is 0.0860. The summed E-state index contributed by atoms with van der Waals surface area (Å²) in [5, 5.41) is 3.10. The van der Waals surface area contributed by atoms with Crippen molar-refractivity contribution < 1.29 is 31.4 Å². The van der Waals surface area contributed by atoms with Crippen LogP contribution in [0.1, 0.15) is 64.6 Å². The molecular weight excluding hydrogens is 725 g/mol. The minimum atomic E-state index is -3.67. The number of hydrogen-bond acceptors (Lipinski definition) is 8. The fourth-order valence-corrected chi connectivity index (χ4v) is 7.14. The summed E-state index contributed by atoms with van der Waals surface area (Å²) in [6.45, 7) is 13.2. The maximum Gasteiger partial charge on any atom is 0.261 e.